The van der Waals surface area contributed by atoms with Gasteiger partial charge in [-0.05, 0) is 38.3 Å². The molecular formula is C12H14O2S. The van der Waals surface area contributed by atoms with E-state index in [4.69, 9.17) is 4.74 Å². The SMILES string of the molecule is Cc1ccc(S(=O)C2OC23CCC3)cc1. The van der Waals surface area contributed by atoms with Gasteiger partial charge in [-0.15, -0.1) is 0 Å². The zero-order chi connectivity index (χ0) is 10.5. The van der Waals surface area contributed by atoms with E-state index in [0.29, 0.717) is 0 Å². The van der Waals surface area contributed by atoms with Gasteiger partial charge in [0.2, 0.25) is 0 Å². The maximum Gasteiger partial charge on any atom is 0.166 e. The maximum atomic E-state index is 12.1. The van der Waals surface area contributed by atoms with Crippen LogP contribution in [0.3, 0.4) is 0 Å². The second-order valence-corrected chi connectivity index (χ2v) is 5.97. The van der Waals surface area contributed by atoms with Crippen LogP contribution in [0, 0.1) is 6.92 Å². The summed E-state index contributed by atoms with van der Waals surface area (Å²) in [6.07, 6.45) is 3.41. The second-order valence-electron chi connectivity index (χ2n) is 4.48. The van der Waals surface area contributed by atoms with Gasteiger partial charge in [-0.1, -0.05) is 17.7 Å². The Kier molecular flexibility index (Phi) is 2.01. The van der Waals surface area contributed by atoms with Crippen LogP contribution in [0.25, 0.3) is 0 Å². The highest BCUT2D eigenvalue weighted by Crippen LogP contribution is 2.54. The number of hydrogen-bond donors (Lipinski definition) is 0. The maximum absolute atomic E-state index is 12.1. The summed E-state index contributed by atoms with van der Waals surface area (Å²) in [7, 11) is -0.973. The lowest BCUT2D eigenvalue weighted by Gasteiger charge is -2.21. The molecule has 1 aliphatic heterocycles. The number of ether oxygens (including phenoxy) is 1. The van der Waals surface area contributed by atoms with Crippen LogP contribution in [-0.2, 0) is 15.5 Å². The van der Waals surface area contributed by atoms with Crippen LogP contribution in [0.5, 0.6) is 0 Å². The number of rotatable bonds is 2. The lowest BCUT2D eigenvalue weighted by molar-refractivity contribution is 0.199. The Hall–Kier alpha value is -0.670. The first-order chi connectivity index (χ1) is 7.21. The van der Waals surface area contributed by atoms with Crippen molar-refractivity contribution in [2.24, 2.45) is 0 Å². The van der Waals surface area contributed by atoms with Crippen LogP contribution in [0.15, 0.2) is 29.2 Å². The molecule has 0 radical (unpaired) electrons. The molecule has 2 unspecified atom stereocenters. The van der Waals surface area contributed by atoms with E-state index in [-0.39, 0.29) is 11.0 Å². The molecule has 15 heavy (non-hydrogen) atoms. The molecular weight excluding hydrogens is 208 g/mol. The minimum absolute atomic E-state index is 0.00967. The molecule has 80 valence electrons. The minimum Gasteiger partial charge on any atom is -0.351 e. The molecule has 0 N–H and O–H groups in total. The highest BCUT2D eigenvalue weighted by atomic mass is 32.2. The highest BCUT2D eigenvalue weighted by molar-refractivity contribution is 7.85. The first-order valence-corrected chi connectivity index (χ1v) is 6.58. The smallest absolute Gasteiger partial charge is 0.166 e. The summed E-state index contributed by atoms with van der Waals surface area (Å²) >= 11 is 0. The number of hydrogen-bond acceptors (Lipinski definition) is 2. The van der Waals surface area contributed by atoms with Crippen LogP contribution < -0.4 is 0 Å². The Morgan fingerprint density at radius 2 is 2.00 bits per heavy atom. The van der Waals surface area contributed by atoms with Crippen molar-refractivity contribution >= 4 is 10.8 Å². The molecule has 1 saturated heterocycles. The van der Waals surface area contributed by atoms with E-state index in [2.05, 4.69) is 0 Å². The van der Waals surface area contributed by atoms with Crippen molar-refractivity contribution in [1.29, 1.82) is 0 Å². The topological polar surface area (TPSA) is 29.6 Å². The fraction of sp³-hybridized carbons (Fsp3) is 0.500. The van der Waals surface area contributed by atoms with Crippen molar-refractivity contribution in [2.45, 2.75) is 42.1 Å². The van der Waals surface area contributed by atoms with E-state index < -0.39 is 10.8 Å². The molecule has 1 aromatic rings. The van der Waals surface area contributed by atoms with E-state index in [1.807, 2.05) is 31.2 Å². The number of epoxide rings is 1. The summed E-state index contributed by atoms with van der Waals surface area (Å²) in [4.78, 5) is 0.898. The van der Waals surface area contributed by atoms with Crippen molar-refractivity contribution < 1.29 is 8.95 Å². The van der Waals surface area contributed by atoms with Crippen LogP contribution >= 0.6 is 0 Å². The molecule has 2 atom stereocenters. The summed E-state index contributed by atoms with van der Waals surface area (Å²) in [6, 6.07) is 7.89. The average molecular weight is 222 g/mol. The molecule has 1 spiro atoms. The van der Waals surface area contributed by atoms with Gasteiger partial charge in [0, 0.05) is 4.90 Å². The molecule has 3 rings (SSSR count). The predicted molar refractivity (Wildman–Crippen MR) is 59.0 cm³/mol. The van der Waals surface area contributed by atoms with Gasteiger partial charge in [-0.2, -0.15) is 0 Å². The second kappa shape index (κ2) is 3.16. The van der Waals surface area contributed by atoms with Crippen molar-refractivity contribution in [2.75, 3.05) is 0 Å². The summed E-state index contributed by atoms with van der Waals surface area (Å²) in [5.74, 6) is 0. The van der Waals surface area contributed by atoms with Crippen molar-refractivity contribution in [1.82, 2.24) is 0 Å². The zero-order valence-corrected chi connectivity index (χ0v) is 9.55. The van der Waals surface area contributed by atoms with Gasteiger partial charge >= 0.3 is 0 Å². The standard InChI is InChI=1S/C12H14O2S/c1-9-3-5-10(6-4-9)15(13)11-12(14-11)7-2-8-12/h3-6,11H,2,7-8H2,1H3. The number of aryl methyl sites for hydroxylation is 1. The predicted octanol–water partition coefficient (Wildman–Crippen LogP) is 2.38. The normalized spacial score (nSPS) is 28.5. The highest BCUT2D eigenvalue weighted by Gasteiger charge is 2.63. The fourth-order valence-corrected chi connectivity index (χ4v) is 3.65. The van der Waals surface area contributed by atoms with Gasteiger partial charge < -0.3 is 4.74 Å². The van der Waals surface area contributed by atoms with E-state index in [9.17, 15) is 4.21 Å². The van der Waals surface area contributed by atoms with Gasteiger partial charge in [0.25, 0.3) is 0 Å². The minimum atomic E-state index is -0.973. The summed E-state index contributed by atoms with van der Waals surface area (Å²) in [6.45, 7) is 2.04. The van der Waals surface area contributed by atoms with Gasteiger partial charge in [-0.25, -0.2) is 0 Å². The Morgan fingerprint density at radius 1 is 1.33 bits per heavy atom. The van der Waals surface area contributed by atoms with E-state index in [0.717, 1.165) is 17.7 Å². The Bertz CT molecular complexity index is 406. The molecule has 1 heterocycles. The lowest BCUT2D eigenvalue weighted by Crippen LogP contribution is -2.26. The first-order valence-electron chi connectivity index (χ1n) is 5.36. The summed E-state index contributed by atoms with van der Waals surface area (Å²) in [5.41, 5.74) is 1.18. The van der Waals surface area contributed by atoms with Gasteiger partial charge in [0.1, 0.15) is 5.60 Å². The molecule has 0 bridgehead atoms. The molecule has 1 aliphatic carbocycles. The molecule has 1 saturated carbocycles. The van der Waals surface area contributed by atoms with Crippen molar-refractivity contribution in [3.05, 3.63) is 29.8 Å². The van der Waals surface area contributed by atoms with Gasteiger partial charge in [0.05, 0.1) is 10.8 Å². The molecule has 0 aromatic heterocycles. The average Bonchev–Trinajstić information content (AvgIpc) is 2.92. The van der Waals surface area contributed by atoms with Gasteiger partial charge in [0.15, 0.2) is 5.44 Å². The van der Waals surface area contributed by atoms with Gasteiger partial charge in [-0.3, -0.25) is 4.21 Å². The zero-order valence-electron chi connectivity index (χ0n) is 8.73. The molecule has 2 fully saturated rings. The summed E-state index contributed by atoms with van der Waals surface area (Å²) < 4.78 is 17.7. The van der Waals surface area contributed by atoms with Crippen molar-refractivity contribution in [3.63, 3.8) is 0 Å². The Morgan fingerprint density at radius 3 is 2.47 bits per heavy atom. The van der Waals surface area contributed by atoms with E-state index in [1.54, 1.807) is 0 Å². The third kappa shape index (κ3) is 1.45. The Labute approximate surface area is 92.1 Å². The summed E-state index contributed by atoms with van der Waals surface area (Å²) in [5, 5.41) is 0. The van der Waals surface area contributed by atoms with E-state index >= 15 is 0 Å². The largest absolute Gasteiger partial charge is 0.351 e. The third-order valence-electron chi connectivity index (χ3n) is 3.36. The lowest BCUT2D eigenvalue weighted by atomic mass is 9.86. The first kappa shape index (κ1) is 9.55. The molecule has 2 aliphatic rings. The monoisotopic (exact) mass is 222 g/mol. The molecule has 2 nitrogen and oxygen atoms in total. The fourth-order valence-electron chi connectivity index (χ4n) is 2.09. The Balaban J connectivity index is 1.78. The molecule has 0 amide bonds. The quantitative estimate of drug-likeness (QED) is 0.719. The van der Waals surface area contributed by atoms with Crippen LogP contribution in [0.1, 0.15) is 24.8 Å². The van der Waals surface area contributed by atoms with Crippen molar-refractivity contribution in [3.8, 4) is 0 Å². The van der Waals surface area contributed by atoms with Crippen LogP contribution in [0.2, 0.25) is 0 Å². The third-order valence-corrected chi connectivity index (χ3v) is 5.01. The van der Waals surface area contributed by atoms with Crippen LogP contribution in [-0.4, -0.2) is 15.2 Å². The number of benzene rings is 1. The molecule has 3 heteroatoms. The molecule has 1 aromatic carbocycles. The van der Waals surface area contributed by atoms with Crippen LogP contribution in [0.4, 0.5) is 0 Å². The van der Waals surface area contributed by atoms with E-state index in [1.165, 1.54) is 12.0 Å².